The first-order valence-corrected chi connectivity index (χ1v) is 4.73. The molecule has 0 radical (unpaired) electrons. The number of allylic oxidation sites excluding steroid dienone is 2. The zero-order valence-electron chi connectivity index (χ0n) is 7.90. The number of aryl methyl sites for hydroxylation is 1. The van der Waals surface area contributed by atoms with Gasteiger partial charge in [0.1, 0.15) is 5.82 Å². The van der Waals surface area contributed by atoms with E-state index in [-0.39, 0.29) is 11.5 Å². The van der Waals surface area contributed by atoms with E-state index in [1.165, 1.54) is 4.57 Å². The minimum Gasteiger partial charge on any atom is -0.383 e. The molecule has 0 saturated heterocycles. The first-order chi connectivity index (χ1) is 6.65. The van der Waals surface area contributed by atoms with E-state index in [1.54, 1.807) is 12.3 Å². The summed E-state index contributed by atoms with van der Waals surface area (Å²) in [5.41, 5.74) is 5.94. The number of hydrogen-bond acceptors (Lipinski definition) is 3. The van der Waals surface area contributed by atoms with E-state index in [4.69, 9.17) is 17.3 Å². The Labute approximate surface area is 87.0 Å². The largest absolute Gasteiger partial charge is 0.383 e. The molecule has 1 heterocycles. The Hall–Kier alpha value is -1.29. The molecule has 0 spiro atoms. The zero-order chi connectivity index (χ0) is 10.6. The van der Waals surface area contributed by atoms with Gasteiger partial charge in [0.05, 0.1) is 0 Å². The van der Waals surface area contributed by atoms with Crippen molar-refractivity contribution in [2.24, 2.45) is 0 Å². The van der Waals surface area contributed by atoms with Crippen LogP contribution in [0.15, 0.2) is 23.1 Å². The van der Waals surface area contributed by atoms with Crippen LogP contribution in [0.25, 0.3) is 0 Å². The molecule has 0 fully saturated rings. The summed E-state index contributed by atoms with van der Waals surface area (Å²) in [6, 6.07) is 0. The smallest absolute Gasteiger partial charge is 0.349 e. The molecule has 1 aromatic rings. The van der Waals surface area contributed by atoms with E-state index in [0.29, 0.717) is 12.4 Å². The van der Waals surface area contributed by atoms with E-state index in [1.807, 2.05) is 13.0 Å². The number of alkyl halides is 1. The van der Waals surface area contributed by atoms with Gasteiger partial charge in [0, 0.05) is 24.2 Å². The van der Waals surface area contributed by atoms with Crippen molar-refractivity contribution < 1.29 is 0 Å². The lowest BCUT2D eigenvalue weighted by atomic mass is 10.3. The lowest BCUT2D eigenvalue weighted by Crippen LogP contribution is -2.23. The van der Waals surface area contributed by atoms with Crippen molar-refractivity contribution in [2.75, 3.05) is 11.6 Å². The van der Waals surface area contributed by atoms with E-state index < -0.39 is 0 Å². The Kier molecular flexibility index (Phi) is 3.71. The van der Waals surface area contributed by atoms with Crippen LogP contribution in [0, 0.1) is 6.92 Å². The van der Waals surface area contributed by atoms with Crippen LogP contribution >= 0.6 is 11.6 Å². The highest BCUT2D eigenvalue weighted by molar-refractivity contribution is 6.18. The Morgan fingerprint density at radius 2 is 2.36 bits per heavy atom. The molecule has 76 valence electrons. The number of anilines is 1. The van der Waals surface area contributed by atoms with E-state index in [0.717, 1.165) is 5.56 Å². The SMILES string of the molecule is Cc1cn(C/C=C/CCl)c(=O)nc1N. The van der Waals surface area contributed by atoms with Gasteiger partial charge >= 0.3 is 5.69 Å². The molecule has 0 aromatic carbocycles. The van der Waals surface area contributed by atoms with Crippen LogP contribution in [0.2, 0.25) is 0 Å². The summed E-state index contributed by atoms with van der Waals surface area (Å²) in [6.45, 7) is 2.28. The van der Waals surface area contributed by atoms with Crippen molar-refractivity contribution in [1.29, 1.82) is 0 Å². The number of nitrogen functional groups attached to an aromatic ring is 1. The monoisotopic (exact) mass is 213 g/mol. The normalized spacial score (nSPS) is 11.0. The molecule has 0 aliphatic heterocycles. The minimum absolute atomic E-state index is 0.285. The van der Waals surface area contributed by atoms with Gasteiger partial charge in [0.15, 0.2) is 0 Å². The summed E-state index contributed by atoms with van der Waals surface area (Å²) in [7, 11) is 0. The molecule has 1 aromatic heterocycles. The van der Waals surface area contributed by atoms with Crippen LogP contribution in [0.4, 0.5) is 5.82 Å². The van der Waals surface area contributed by atoms with Crippen LogP contribution in [0.1, 0.15) is 5.56 Å². The van der Waals surface area contributed by atoms with Gasteiger partial charge < -0.3 is 5.73 Å². The molecule has 14 heavy (non-hydrogen) atoms. The van der Waals surface area contributed by atoms with Gasteiger partial charge in [-0.15, -0.1) is 11.6 Å². The molecule has 0 bridgehead atoms. The number of aromatic nitrogens is 2. The Bertz CT molecular complexity index is 398. The average Bonchev–Trinajstić information content (AvgIpc) is 2.14. The van der Waals surface area contributed by atoms with Gasteiger partial charge in [0.2, 0.25) is 0 Å². The van der Waals surface area contributed by atoms with Crippen LogP contribution < -0.4 is 11.4 Å². The van der Waals surface area contributed by atoms with Gasteiger partial charge in [-0.25, -0.2) is 4.79 Å². The highest BCUT2D eigenvalue weighted by Gasteiger charge is 1.99. The first kappa shape index (κ1) is 10.8. The molecule has 0 aliphatic rings. The average molecular weight is 214 g/mol. The lowest BCUT2D eigenvalue weighted by Gasteiger charge is -2.03. The third-order valence-corrected chi connectivity index (χ3v) is 1.95. The van der Waals surface area contributed by atoms with Crippen molar-refractivity contribution in [1.82, 2.24) is 9.55 Å². The second kappa shape index (κ2) is 4.81. The van der Waals surface area contributed by atoms with Gasteiger partial charge in [-0.05, 0) is 6.92 Å². The maximum absolute atomic E-state index is 11.3. The molecule has 0 atom stereocenters. The van der Waals surface area contributed by atoms with Crippen LogP contribution in [0.3, 0.4) is 0 Å². The second-order valence-corrected chi connectivity index (χ2v) is 3.18. The number of nitrogens with two attached hydrogens (primary N) is 1. The molecule has 0 amide bonds. The fourth-order valence-corrected chi connectivity index (χ4v) is 1.12. The number of halogens is 1. The van der Waals surface area contributed by atoms with Gasteiger partial charge in [0.25, 0.3) is 0 Å². The van der Waals surface area contributed by atoms with Crippen molar-refractivity contribution >= 4 is 17.4 Å². The number of nitrogens with zero attached hydrogens (tertiary/aromatic N) is 2. The van der Waals surface area contributed by atoms with Crippen LogP contribution in [0.5, 0.6) is 0 Å². The maximum Gasteiger partial charge on any atom is 0.349 e. The summed E-state index contributed by atoms with van der Waals surface area (Å²) in [5.74, 6) is 0.725. The van der Waals surface area contributed by atoms with E-state index in [2.05, 4.69) is 4.98 Å². The summed E-state index contributed by atoms with van der Waals surface area (Å²) in [4.78, 5) is 15.0. The summed E-state index contributed by atoms with van der Waals surface area (Å²) in [6.07, 6.45) is 5.27. The summed E-state index contributed by atoms with van der Waals surface area (Å²) < 4.78 is 1.48. The first-order valence-electron chi connectivity index (χ1n) is 4.19. The van der Waals surface area contributed by atoms with E-state index >= 15 is 0 Å². The predicted molar refractivity (Wildman–Crippen MR) is 57.5 cm³/mol. The molecule has 0 unspecified atom stereocenters. The minimum atomic E-state index is -0.340. The van der Waals surface area contributed by atoms with Gasteiger partial charge in [-0.3, -0.25) is 4.57 Å². The fourth-order valence-electron chi connectivity index (χ4n) is 0.992. The molecule has 4 nitrogen and oxygen atoms in total. The molecule has 1 rings (SSSR count). The van der Waals surface area contributed by atoms with Crippen molar-refractivity contribution in [3.05, 3.63) is 34.4 Å². The van der Waals surface area contributed by atoms with Crippen molar-refractivity contribution in [2.45, 2.75) is 13.5 Å². The third kappa shape index (κ3) is 2.60. The number of hydrogen-bond donors (Lipinski definition) is 1. The topological polar surface area (TPSA) is 60.9 Å². The third-order valence-electron chi connectivity index (χ3n) is 1.77. The summed E-state index contributed by atoms with van der Waals surface area (Å²) in [5, 5.41) is 0. The second-order valence-electron chi connectivity index (χ2n) is 2.87. The van der Waals surface area contributed by atoms with Gasteiger partial charge in [-0.1, -0.05) is 12.2 Å². The fraction of sp³-hybridized carbons (Fsp3) is 0.333. The molecule has 0 saturated carbocycles. The van der Waals surface area contributed by atoms with E-state index in [9.17, 15) is 4.79 Å². The van der Waals surface area contributed by atoms with Crippen molar-refractivity contribution in [3.8, 4) is 0 Å². The highest BCUT2D eigenvalue weighted by Crippen LogP contribution is 2.01. The zero-order valence-corrected chi connectivity index (χ0v) is 8.66. The summed E-state index contributed by atoms with van der Waals surface area (Å²) >= 11 is 5.45. The predicted octanol–water partition coefficient (Wildman–Crippen LogP) is 0.929. The molecular formula is C9H12ClN3O. The van der Waals surface area contributed by atoms with Gasteiger partial charge in [-0.2, -0.15) is 4.98 Å². The number of rotatable bonds is 3. The molecule has 2 N–H and O–H groups in total. The van der Waals surface area contributed by atoms with Crippen molar-refractivity contribution in [3.63, 3.8) is 0 Å². The van der Waals surface area contributed by atoms with Crippen LogP contribution in [-0.2, 0) is 6.54 Å². The molecule has 0 aliphatic carbocycles. The maximum atomic E-state index is 11.3. The Balaban J connectivity index is 2.93. The molecular weight excluding hydrogens is 202 g/mol. The molecule has 5 heteroatoms. The Morgan fingerprint density at radius 1 is 1.64 bits per heavy atom. The lowest BCUT2D eigenvalue weighted by molar-refractivity contribution is 0.739. The van der Waals surface area contributed by atoms with Crippen LogP contribution in [-0.4, -0.2) is 15.4 Å². The highest BCUT2D eigenvalue weighted by atomic mass is 35.5. The quantitative estimate of drug-likeness (QED) is 0.600. The Morgan fingerprint density at radius 3 is 3.00 bits per heavy atom. The standard InChI is InChI=1S/C9H12ClN3O/c1-7-6-13(5-3-2-4-10)9(14)12-8(7)11/h2-3,6H,4-5H2,1H3,(H2,11,12,14)/b3-2+.